The number of aryl methyl sites for hydroxylation is 1. The molecule has 8 nitrogen and oxygen atoms in total. The number of carbonyl (C=O) groups excluding carboxylic acids is 1. The van der Waals surface area contributed by atoms with Crippen LogP contribution in [0.25, 0.3) is 22.7 Å². The Labute approximate surface area is 214 Å². The molecule has 0 bridgehead atoms. The van der Waals surface area contributed by atoms with Gasteiger partial charge in [0.05, 0.1) is 27.6 Å². The Hall–Kier alpha value is -4.59. The van der Waals surface area contributed by atoms with E-state index in [4.69, 9.17) is 4.98 Å². The Morgan fingerprint density at radius 3 is 2.35 bits per heavy atom. The van der Waals surface area contributed by atoms with Gasteiger partial charge in [0.1, 0.15) is 5.82 Å². The number of rotatable bonds is 8. The predicted molar refractivity (Wildman–Crippen MR) is 145 cm³/mol. The van der Waals surface area contributed by atoms with E-state index in [0.717, 1.165) is 12.0 Å². The molecule has 0 aliphatic carbocycles. The summed E-state index contributed by atoms with van der Waals surface area (Å²) in [4.78, 5) is 43.7. The molecule has 8 heteroatoms. The summed E-state index contributed by atoms with van der Waals surface area (Å²) in [5.41, 5.74) is 2.87. The van der Waals surface area contributed by atoms with Gasteiger partial charge in [-0.3, -0.25) is 24.3 Å². The maximum atomic E-state index is 13.6. The number of para-hydroxylation sites is 1. The number of nitro groups is 1. The smallest absolute Gasteiger partial charge is 0.269 e. The standard InChI is InChI=1S/C29H28N4O4/c1-4-21-10-15-23(16-11-21)32-28(30-26-9-7-6-8-25(26)29(32)35)20(3)31(5-2)27(34)19-14-22-12-17-24(18-13-22)33(36)37/h6-20H,4-5H2,1-3H3/b19-14+. The third kappa shape index (κ3) is 5.33. The van der Waals surface area contributed by atoms with Crippen LogP contribution in [0.5, 0.6) is 0 Å². The van der Waals surface area contributed by atoms with Crippen molar-refractivity contribution in [2.24, 2.45) is 0 Å². The number of nitro benzene ring substituents is 1. The Morgan fingerprint density at radius 2 is 1.73 bits per heavy atom. The van der Waals surface area contributed by atoms with Crippen LogP contribution >= 0.6 is 0 Å². The molecule has 1 heterocycles. The summed E-state index contributed by atoms with van der Waals surface area (Å²) in [6.45, 7) is 6.19. The first-order chi connectivity index (χ1) is 17.8. The summed E-state index contributed by atoms with van der Waals surface area (Å²) in [6.07, 6.45) is 3.93. The van der Waals surface area contributed by atoms with Crippen molar-refractivity contribution < 1.29 is 9.72 Å². The van der Waals surface area contributed by atoms with Gasteiger partial charge >= 0.3 is 0 Å². The molecule has 37 heavy (non-hydrogen) atoms. The maximum Gasteiger partial charge on any atom is 0.269 e. The molecule has 1 unspecified atom stereocenters. The van der Waals surface area contributed by atoms with Crippen molar-refractivity contribution in [3.8, 4) is 5.69 Å². The zero-order valence-electron chi connectivity index (χ0n) is 21.0. The van der Waals surface area contributed by atoms with Crippen LogP contribution in [-0.2, 0) is 11.2 Å². The summed E-state index contributed by atoms with van der Waals surface area (Å²) in [5.74, 6) is 0.204. The Bertz CT molecular complexity index is 1520. The van der Waals surface area contributed by atoms with Crippen molar-refractivity contribution in [3.63, 3.8) is 0 Å². The lowest BCUT2D eigenvalue weighted by Gasteiger charge is -2.28. The van der Waals surface area contributed by atoms with Gasteiger partial charge in [0, 0.05) is 24.8 Å². The first-order valence-electron chi connectivity index (χ1n) is 12.2. The number of carbonyl (C=O) groups is 1. The summed E-state index contributed by atoms with van der Waals surface area (Å²) in [6, 6.07) is 20.4. The molecular formula is C29H28N4O4. The van der Waals surface area contributed by atoms with E-state index in [2.05, 4.69) is 6.92 Å². The second kappa shape index (κ2) is 11.0. The average Bonchev–Trinajstić information content (AvgIpc) is 2.92. The van der Waals surface area contributed by atoms with Gasteiger partial charge < -0.3 is 4.90 Å². The number of non-ortho nitro benzene ring substituents is 1. The van der Waals surface area contributed by atoms with Crippen molar-refractivity contribution in [1.29, 1.82) is 0 Å². The molecule has 4 rings (SSSR count). The number of fused-ring (bicyclic) bond motifs is 1. The van der Waals surface area contributed by atoms with Crippen LogP contribution in [0.4, 0.5) is 5.69 Å². The minimum absolute atomic E-state index is 0.0143. The molecule has 0 spiro atoms. The number of likely N-dealkylation sites (N-methyl/N-ethyl adjacent to an activating group) is 1. The number of benzene rings is 3. The van der Waals surface area contributed by atoms with Crippen LogP contribution in [0.15, 0.2) is 83.7 Å². The lowest BCUT2D eigenvalue weighted by Crippen LogP contribution is -2.36. The predicted octanol–water partition coefficient (Wildman–Crippen LogP) is 5.48. The second-order valence-corrected chi connectivity index (χ2v) is 8.63. The van der Waals surface area contributed by atoms with E-state index in [1.165, 1.54) is 18.2 Å². The Morgan fingerprint density at radius 1 is 1.05 bits per heavy atom. The van der Waals surface area contributed by atoms with Crippen LogP contribution in [0.2, 0.25) is 0 Å². The third-order valence-corrected chi connectivity index (χ3v) is 6.39. The molecule has 4 aromatic rings. The van der Waals surface area contributed by atoms with E-state index < -0.39 is 11.0 Å². The molecule has 0 saturated carbocycles. The van der Waals surface area contributed by atoms with Gasteiger partial charge in [-0.05, 0) is 73.9 Å². The highest BCUT2D eigenvalue weighted by molar-refractivity contribution is 5.92. The van der Waals surface area contributed by atoms with Crippen molar-refractivity contribution in [2.45, 2.75) is 33.2 Å². The van der Waals surface area contributed by atoms with Gasteiger partial charge in [0.25, 0.3) is 11.2 Å². The largest absolute Gasteiger partial charge is 0.330 e. The minimum Gasteiger partial charge on any atom is -0.330 e. The van der Waals surface area contributed by atoms with E-state index in [9.17, 15) is 19.7 Å². The highest BCUT2D eigenvalue weighted by atomic mass is 16.6. The summed E-state index contributed by atoms with van der Waals surface area (Å²) in [7, 11) is 0. The summed E-state index contributed by atoms with van der Waals surface area (Å²) in [5, 5.41) is 11.4. The van der Waals surface area contributed by atoms with E-state index in [-0.39, 0.29) is 17.2 Å². The molecule has 0 aliphatic heterocycles. The average molecular weight is 497 g/mol. The van der Waals surface area contributed by atoms with Gasteiger partial charge in [0.15, 0.2) is 0 Å². The molecule has 0 saturated heterocycles. The molecular weight excluding hydrogens is 468 g/mol. The highest BCUT2D eigenvalue weighted by Crippen LogP contribution is 2.24. The molecule has 0 fully saturated rings. The number of aromatic nitrogens is 2. The highest BCUT2D eigenvalue weighted by Gasteiger charge is 2.25. The van der Waals surface area contributed by atoms with Gasteiger partial charge in [-0.15, -0.1) is 0 Å². The van der Waals surface area contributed by atoms with Crippen molar-refractivity contribution in [3.05, 3.63) is 116 Å². The van der Waals surface area contributed by atoms with Crippen LogP contribution < -0.4 is 5.56 Å². The van der Waals surface area contributed by atoms with Crippen LogP contribution in [0.1, 0.15) is 43.8 Å². The first-order valence-corrected chi connectivity index (χ1v) is 12.2. The topological polar surface area (TPSA) is 98.3 Å². The lowest BCUT2D eigenvalue weighted by molar-refractivity contribution is -0.384. The van der Waals surface area contributed by atoms with Gasteiger partial charge in [-0.1, -0.05) is 31.2 Å². The fraction of sp³-hybridized carbons (Fsp3) is 0.207. The molecule has 3 aromatic carbocycles. The SMILES string of the molecule is CCc1ccc(-n2c(C(C)N(CC)C(=O)/C=C/c3ccc([N+](=O)[O-])cc3)nc3ccccc3c2=O)cc1. The van der Waals surface area contributed by atoms with Gasteiger partial charge in [-0.2, -0.15) is 0 Å². The normalized spacial score (nSPS) is 12.1. The molecule has 0 aliphatic rings. The molecule has 1 amide bonds. The number of nitrogens with zero attached hydrogens (tertiary/aromatic N) is 4. The van der Waals surface area contributed by atoms with Crippen molar-refractivity contribution in [2.75, 3.05) is 6.54 Å². The van der Waals surface area contributed by atoms with Crippen molar-refractivity contribution in [1.82, 2.24) is 14.5 Å². The lowest BCUT2D eigenvalue weighted by atomic mass is 10.1. The Kier molecular flexibility index (Phi) is 7.57. The number of amides is 1. The Balaban J connectivity index is 1.73. The van der Waals surface area contributed by atoms with Crippen LogP contribution in [0, 0.1) is 10.1 Å². The summed E-state index contributed by atoms with van der Waals surface area (Å²) < 4.78 is 1.59. The number of hydrogen-bond donors (Lipinski definition) is 0. The molecule has 1 atom stereocenters. The fourth-order valence-electron chi connectivity index (χ4n) is 4.29. The van der Waals surface area contributed by atoms with Gasteiger partial charge in [-0.25, -0.2) is 4.98 Å². The van der Waals surface area contributed by atoms with Crippen LogP contribution in [0.3, 0.4) is 0 Å². The second-order valence-electron chi connectivity index (χ2n) is 8.63. The van der Waals surface area contributed by atoms with E-state index >= 15 is 0 Å². The number of hydrogen-bond acceptors (Lipinski definition) is 5. The zero-order valence-corrected chi connectivity index (χ0v) is 21.0. The minimum atomic E-state index is -0.512. The molecule has 188 valence electrons. The van der Waals surface area contributed by atoms with E-state index in [0.29, 0.717) is 34.5 Å². The quantitative estimate of drug-likeness (QED) is 0.183. The fourth-order valence-corrected chi connectivity index (χ4v) is 4.29. The van der Waals surface area contributed by atoms with E-state index in [1.54, 1.807) is 39.8 Å². The maximum absolute atomic E-state index is 13.6. The summed E-state index contributed by atoms with van der Waals surface area (Å²) >= 11 is 0. The van der Waals surface area contributed by atoms with Crippen molar-refractivity contribution >= 4 is 28.6 Å². The first kappa shape index (κ1) is 25.5. The molecule has 0 radical (unpaired) electrons. The van der Waals surface area contributed by atoms with Crippen LogP contribution in [-0.4, -0.2) is 31.8 Å². The third-order valence-electron chi connectivity index (χ3n) is 6.39. The molecule has 1 aromatic heterocycles. The monoisotopic (exact) mass is 496 g/mol. The van der Waals surface area contributed by atoms with E-state index in [1.807, 2.05) is 50.2 Å². The zero-order chi connectivity index (χ0) is 26.5. The molecule has 0 N–H and O–H groups in total. The van der Waals surface area contributed by atoms with Gasteiger partial charge in [0.2, 0.25) is 5.91 Å².